The molecule has 0 aliphatic carbocycles. The van der Waals surface area contributed by atoms with Gasteiger partial charge in [0.15, 0.2) is 0 Å². The van der Waals surface area contributed by atoms with Crippen molar-refractivity contribution in [2.24, 2.45) is 0 Å². The summed E-state index contributed by atoms with van der Waals surface area (Å²) in [7, 11) is 0. The molecule has 158 valence electrons. The van der Waals surface area contributed by atoms with E-state index in [1.807, 2.05) is 65.6 Å². The van der Waals surface area contributed by atoms with Gasteiger partial charge in [-0.2, -0.15) is 0 Å². The molecular weight excluding hydrogens is 428 g/mol. The van der Waals surface area contributed by atoms with Crippen molar-refractivity contribution in [1.82, 2.24) is 10.2 Å². The average Bonchev–Trinajstić information content (AvgIpc) is 3.28. The van der Waals surface area contributed by atoms with E-state index in [2.05, 4.69) is 5.32 Å². The van der Waals surface area contributed by atoms with Crippen LogP contribution in [0.25, 0.3) is 16.5 Å². The molecule has 4 nitrogen and oxygen atoms in total. The van der Waals surface area contributed by atoms with E-state index in [4.69, 9.17) is 11.6 Å². The Kier molecular flexibility index (Phi) is 6.85. The minimum atomic E-state index is -0.0570. The van der Waals surface area contributed by atoms with Gasteiger partial charge in [0.25, 0.3) is 5.91 Å². The standard InChI is InChI=1S/C25H23ClN2O2S/c26-20-8-4-7-19(17-20)23-11-9-22(31-23)10-12-24(29)28-15-13-21(14-16-28)27-25(30)18-5-2-1-3-6-18/h1-12,17,21H,13-16H2,(H,27,30)/b12-10+. The highest BCUT2D eigenvalue weighted by atomic mass is 35.5. The van der Waals surface area contributed by atoms with Gasteiger partial charge in [-0.05, 0) is 60.9 Å². The largest absolute Gasteiger partial charge is 0.349 e. The summed E-state index contributed by atoms with van der Waals surface area (Å²) in [6.07, 6.45) is 5.02. The molecule has 1 saturated heterocycles. The molecule has 0 spiro atoms. The molecule has 0 unspecified atom stereocenters. The number of carbonyl (C=O) groups excluding carboxylic acids is 2. The first-order valence-corrected chi connectivity index (χ1v) is 11.5. The van der Waals surface area contributed by atoms with Crippen molar-refractivity contribution in [2.45, 2.75) is 18.9 Å². The van der Waals surface area contributed by atoms with Crippen molar-refractivity contribution in [3.8, 4) is 10.4 Å². The fraction of sp³-hybridized carbons (Fsp3) is 0.200. The minimum Gasteiger partial charge on any atom is -0.349 e. The Morgan fingerprint density at radius 1 is 1.00 bits per heavy atom. The van der Waals surface area contributed by atoms with E-state index in [9.17, 15) is 9.59 Å². The summed E-state index contributed by atoms with van der Waals surface area (Å²) in [5.41, 5.74) is 1.74. The van der Waals surface area contributed by atoms with Crippen molar-refractivity contribution < 1.29 is 9.59 Å². The van der Waals surface area contributed by atoms with Gasteiger partial charge in [0.05, 0.1) is 0 Å². The molecule has 6 heteroatoms. The fourth-order valence-corrected chi connectivity index (χ4v) is 4.70. The van der Waals surface area contributed by atoms with Crippen LogP contribution >= 0.6 is 22.9 Å². The van der Waals surface area contributed by atoms with Gasteiger partial charge in [-0.3, -0.25) is 9.59 Å². The first-order chi connectivity index (χ1) is 15.1. The highest BCUT2D eigenvalue weighted by Gasteiger charge is 2.23. The van der Waals surface area contributed by atoms with Crippen LogP contribution in [0, 0.1) is 0 Å². The summed E-state index contributed by atoms with van der Waals surface area (Å²) in [5, 5.41) is 3.78. The lowest BCUT2D eigenvalue weighted by Gasteiger charge is -2.31. The van der Waals surface area contributed by atoms with Gasteiger partial charge in [0.2, 0.25) is 5.91 Å². The van der Waals surface area contributed by atoms with E-state index in [0.717, 1.165) is 28.2 Å². The van der Waals surface area contributed by atoms with Crippen molar-refractivity contribution in [2.75, 3.05) is 13.1 Å². The van der Waals surface area contributed by atoms with Crippen molar-refractivity contribution >= 4 is 40.8 Å². The third-order valence-electron chi connectivity index (χ3n) is 5.30. The topological polar surface area (TPSA) is 49.4 Å². The third kappa shape index (κ3) is 5.63. The van der Waals surface area contributed by atoms with E-state index in [1.165, 1.54) is 0 Å². The Hall–Kier alpha value is -2.89. The van der Waals surface area contributed by atoms with Gasteiger partial charge in [-0.1, -0.05) is 41.9 Å². The molecule has 2 amide bonds. The Morgan fingerprint density at radius 2 is 1.77 bits per heavy atom. The van der Waals surface area contributed by atoms with Crippen LogP contribution in [0.4, 0.5) is 0 Å². The highest BCUT2D eigenvalue weighted by Crippen LogP contribution is 2.30. The lowest BCUT2D eigenvalue weighted by molar-refractivity contribution is -0.126. The normalized spacial score (nSPS) is 14.7. The van der Waals surface area contributed by atoms with Gasteiger partial charge in [0.1, 0.15) is 0 Å². The van der Waals surface area contributed by atoms with Crippen molar-refractivity contribution in [3.05, 3.63) is 88.3 Å². The second kappa shape index (κ2) is 9.94. The Balaban J connectivity index is 1.28. The summed E-state index contributed by atoms with van der Waals surface area (Å²) in [6, 6.07) is 21.1. The maximum Gasteiger partial charge on any atom is 0.251 e. The number of likely N-dealkylation sites (tertiary alicyclic amines) is 1. The number of thiophene rings is 1. The Labute approximate surface area is 191 Å². The average molecular weight is 451 g/mol. The van der Waals surface area contributed by atoms with Gasteiger partial charge in [0, 0.05) is 45.5 Å². The van der Waals surface area contributed by atoms with Gasteiger partial charge < -0.3 is 10.2 Å². The van der Waals surface area contributed by atoms with Crippen LogP contribution in [0.1, 0.15) is 28.1 Å². The molecule has 2 aromatic carbocycles. The molecular formula is C25H23ClN2O2S. The van der Waals surface area contributed by atoms with E-state index in [-0.39, 0.29) is 17.9 Å². The molecule has 3 aromatic rings. The fourth-order valence-electron chi connectivity index (χ4n) is 3.60. The summed E-state index contributed by atoms with van der Waals surface area (Å²) in [6.45, 7) is 1.28. The van der Waals surface area contributed by atoms with Gasteiger partial charge >= 0.3 is 0 Å². The molecule has 1 aliphatic rings. The molecule has 0 radical (unpaired) electrons. The zero-order chi connectivity index (χ0) is 21.6. The smallest absolute Gasteiger partial charge is 0.251 e. The maximum atomic E-state index is 12.6. The van der Waals surface area contributed by atoms with Crippen LogP contribution in [0.5, 0.6) is 0 Å². The van der Waals surface area contributed by atoms with Crippen LogP contribution in [-0.2, 0) is 4.79 Å². The number of benzene rings is 2. The van der Waals surface area contributed by atoms with Gasteiger partial charge in [-0.25, -0.2) is 0 Å². The number of amides is 2. The molecule has 4 rings (SSSR count). The van der Waals surface area contributed by atoms with Crippen molar-refractivity contribution in [1.29, 1.82) is 0 Å². The second-order valence-corrected chi connectivity index (χ2v) is 9.04. The number of hydrogen-bond acceptors (Lipinski definition) is 3. The molecule has 0 bridgehead atoms. The zero-order valence-corrected chi connectivity index (χ0v) is 18.5. The van der Waals surface area contributed by atoms with Gasteiger partial charge in [-0.15, -0.1) is 11.3 Å². The summed E-state index contributed by atoms with van der Waals surface area (Å²) < 4.78 is 0. The molecule has 1 N–H and O–H groups in total. The van der Waals surface area contributed by atoms with E-state index >= 15 is 0 Å². The first-order valence-electron chi connectivity index (χ1n) is 10.3. The maximum absolute atomic E-state index is 12.6. The summed E-state index contributed by atoms with van der Waals surface area (Å²) in [5.74, 6) is -0.0518. The summed E-state index contributed by atoms with van der Waals surface area (Å²) in [4.78, 5) is 28.9. The van der Waals surface area contributed by atoms with E-state index < -0.39 is 0 Å². The minimum absolute atomic E-state index is 0.00513. The molecule has 1 aliphatic heterocycles. The molecule has 0 saturated carbocycles. The lowest BCUT2D eigenvalue weighted by atomic mass is 10.0. The number of rotatable bonds is 5. The number of halogens is 1. The number of nitrogens with zero attached hydrogens (tertiary/aromatic N) is 1. The molecule has 1 aromatic heterocycles. The SMILES string of the molecule is O=C(NC1CCN(C(=O)/C=C/c2ccc(-c3cccc(Cl)c3)s2)CC1)c1ccccc1. The van der Waals surface area contributed by atoms with Crippen LogP contribution in [0.15, 0.2) is 72.8 Å². The first kappa shape index (κ1) is 21.3. The molecule has 1 fully saturated rings. The Morgan fingerprint density at radius 3 is 2.52 bits per heavy atom. The van der Waals surface area contributed by atoms with E-state index in [1.54, 1.807) is 29.5 Å². The van der Waals surface area contributed by atoms with Crippen LogP contribution in [0.3, 0.4) is 0 Å². The predicted octanol–water partition coefficient (Wildman–Crippen LogP) is 5.50. The molecule has 31 heavy (non-hydrogen) atoms. The predicted molar refractivity (Wildman–Crippen MR) is 127 cm³/mol. The summed E-state index contributed by atoms with van der Waals surface area (Å²) >= 11 is 7.70. The second-order valence-electron chi connectivity index (χ2n) is 7.48. The van der Waals surface area contributed by atoms with E-state index in [0.29, 0.717) is 23.7 Å². The monoisotopic (exact) mass is 450 g/mol. The number of carbonyl (C=O) groups is 2. The molecule has 0 atom stereocenters. The van der Waals surface area contributed by atoms with Crippen molar-refractivity contribution in [3.63, 3.8) is 0 Å². The zero-order valence-electron chi connectivity index (χ0n) is 17.0. The van der Waals surface area contributed by atoms with Crippen LogP contribution in [-0.4, -0.2) is 35.8 Å². The molecule has 2 heterocycles. The third-order valence-corrected chi connectivity index (χ3v) is 6.64. The Bertz CT molecular complexity index is 1090. The van der Waals surface area contributed by atoms with Crippen LogP contribution in [0.2, 0.25) is 5.02 Å². The lowest BCUT2D eigenvalue weighted by Crippen LogP contribution is -2.46. The number of piperidine rings is 1. The van der Waals surface area contributed by atoms with Crippen LogP contribution < -0.4 is 5.32 Å². The quantitative estimate of drug-likeness (QED) is 0.521. The number of hydrogen-bond donors (Lipinski definition) is 1. The highest BCUT2D eigenvalue weighted by molar-refractivity contribution is 7.16. The number of nitrogens with one attached hydrogen (secondary N) is 1.